The summed E-state index contributed by atoms with van der Waals surface area (Å²) < 4.78 is 46.4. The van der Waals surface area contributed by atoms with E-state index in [9.17, 15) is 18.2 Å². The molecule has 0 aliphatic heterocycles. The predicted octanol–water partition coefficient (Wildman–Crippen LogP) is 6.63. The number of benzene rings is 2. The largest absolute Gasteiger partial charge is 0.329 e. The van der Waals surface area contributed by atoms with Gasteiger partial charge in [-0.15, -0.1) is 11.3 Å². The van der Waals surface area contributed by atoms with Crippen molar-refractivity contribution in [3.63, 3.8) is 0 Å². The summed E-state index contributed by atoms with van der Waals surface area (Å²) in [6.45, 7) is 5.64. The third-order valence-corrected chi connectivity index (χ3v) is 7.61. The molecule has 3 nitrogen and oxygen atoms in total. The van der Waals surface area contributed by atoms with Gasteiger partial charge in [0.2, 0.25) is 0 Å². The maximum Gasteiger partial charge on any atom is 0.329 e. The molecule has 3 aromatic rings. The fourth-order valence-electron chi connectivity index (χ4n) is 3.26. The Morgan fingerprint density at radius 1 is 1.14 bits per heavy atom. The van der Waals surface area contributed by atoms with E-state index in [1.165, 1.54) is 17.4 Å². The lowest BCUT2D eigenvalue weighted by molar-refractivity contribution is 0.176. The first-order chi connectivity index (χ1) is 13.2. The smallest absolute Gasteiger partial charge is 0.324 e. The van der Waals surface area contributed by atoms with Crippen LogP contribution < -0.4 is 0 Å². The van der Waals surface area contributed by atoms with Gasteiger partial charge in [0.25, 0.3) is 0 Å². The molecular formula is C21H23F2O3PS. The maximum atomic E-state index is 13.7. The van der Waals surface area contributed by atoms with Crippen LogP contribution in [0.5, 0.6) is 0 Å². The quantitative estimate of drug-likeness (QED) is 0.433. The number of rotatable bonds is 7. The second-order valence-corrected chi connectivity index (χ2v) is 10.3. The summed E-state index contributed by atoms with van der Waals surface area (Å²) in [6.07, 6.45) is -0.518. The second kappa shape index (κ2) is 8.42. The third kappa shape index (κ3) is 4.87. The molecule has 0 saturated heterocycles. The Kier molecular flexibility index (Phi) is 6.35. The van der Waals surface area contributed by atoms with Crippen LogP contribution in [0.3, 0.4) is 0 Å². The molecule has 2 unspecified atom stereocenters. The topological polar surface area (TPSA) is 46.5 Å². The molecule has 1 heterocycles. The Balaban J connectivity index is 2.01. The molecule has 1 aromatic heterocycles. The van der Waals surface area contributed by atoms with Gasteiger partial charge < -0.3 is 4.89 Å². The van der Waals surface area contributed by atoms with Gasteiger partial charge in [0.15, 0.2) is 11.6 Å². The summed E-state index contributed by atoms with van der Waals surface area (Å²) in [4.78, 5) is 11.2. The Labute approximate surface area is 167 Å². The van der Waals surface area contributed by atoms with Crippen molar-refractivity contribution in [1.82, 2.24) is 0 Å². The molecule has 0 bridgehead atoms. The van der Waals surface area contributed by atoms with E-state index >= 15 is 0 Å². The number of fused-ring (bicyclic) bond motifs is 1. The molecule has 2 aromatic carbocycles. The lowest BCUT2D eigenvalue weighted by Crippen LogP contribution is -2.10. The van der Waals surface area contributed by atoms with Crippen LogP contribution in [0.25, 0.3) is 10.1 Å². The highest BCUT2D eigenvalue weighted by molar-refractivity contribution is 7.52. The minimum atomic E-state index is -3.85. The molecule has 7 heteroatoms. The van der Waals surface area contributed by atoms with Crippen molar-refractivity contribution >= 4 is 29.0 Å². The van der Waals surface area contributed by atoms with E-state index in [1.807, 2.05) is 45.0 Å². The minimum absolute atomic E-state index is 0.0109. The van der Waals surface area contributed by atoms with Gasteiger partial charge in [0.1, 0.15) is 6.10 Å². The molecule has 0 saturated carbocycles. The zero-order chi connectivity index (χ0) is 20.5. The first kappa shape index (κ1) is 21.1. The number of halogens is 2. The van der Waals surface area contributed by atoms with Gasteiger partial charge >= 0.3 is 7.60 Å². The monoisotopic (exact) mass is 424 g/mol. The van der Waals surface area contributed by atoms with Crippen molar-refractivity contribution in [2.24, 2.45) is 5.92 Å². The Bertz CT molecular complexity index is 1030. The molecule has 0 amide bonds. The molecule has 0 spiro atoms. The summed E-state index contributed by atoms with van der Waals surface area (Å²) >= 11 is 1.49. The Morgan fingerprint density at radius 3 is 2.50 bits per heavy atom. The number of thiophene rings is 1. The molecule has 28 heavy (non-hydrogen) atoms. The molecule has 0 radical (unpaired) electrons. The number of hydrogen-bond donors (Lipinski definition) is 1. The van der Waals surface area contributed by atoms with Crippen LogP contribution in [-0.4, -0.2) is 11.1 Å². The highest BCUT2D eigenvalue weighted by Gasteiger charge is 2.30. The van der Waals surface area contributed by atoms with E-state index in [-0.39, 0.29) is 18.5 Å². The zero-order valence-electron chi connectivity index (χ0n) is 16.0. The van der Waals surface area contributed by atoms with Crippen LogP contribution in [0.4, 0.5) is 8.78 Å². The predicted molar refractivity (Wildman–Crippen MR) is 110 cm³/mol. The van der Waals surface area contributed by atoms with Gasteiger partial charge in [0, 0.05) is 16.0 Å². The van der Waals surface area contributed by atoms with Crippen molar-refractivity contribution in [2.45, 2.75) is 33.3 Å². The van der Waals surface area contributed by atoms with Crippen molar-refractivity contribution in [3.8, 4) is 0 Å². The normalized spacial score (nSPS) is 15.1. The van der Waals surface area contributed by atoms with E-state index in [2.05, 4.69) is 0 Å². The summed E-state index contributed by atoms with van der Waals surface area (Å²) in [6, 6.07) is 11.5. The molecule has 150 valence electrons. The van der Waals surface area contributed by atoms with Crippen molar-refractivity contribution in [2.75, 3.05) is 6.16 Å². The molecular weight excluding hydrogens is 401 g/mol. The van der Waals surface area contributed by atoms with E-state index < -0.39 is 25.3 Å². The van der Waals surface area contributed by atoms with Crippen molar-refractivity contribution in [3.05, 3.63) is 70.1 Å². The zero-order valence-corrected chi connectivity index (χ0v) is 17.7. The Morgan fingerprint density at radius 2 is 1.86 bits per heavy atom. The van der Waals surface area contributed by atoms with Crippen LogP contribution in [0.1, 0.15) is 36.0 Å². The third-order valence-electron chi connectivity index (χ3n) is 4.47. The van der Waals surface area contributed by atoms with Gasteiger partial charge in [-0.1, -0.05) is 38.1 Å². The fourth-order valence-corrected chi connectivity index (χ4v) is 6.16. The van der Waals surface area contributed by atoms with Gasteiger partial charge in [-0.05, 0) is 47.6 Å². The molecule has 3 rings (SSSR count). The van der Waals surface area contributed by atoms with Crippen LogP contribution >= 0.6 is 18.9 Å². The standard InChI is InChI=1S/C21H23F2O3PS/c1-13(2)12-27(24,25)26-19(11-15-8-9-17(22)18(23)10-15)21-14(3)16-6-4-5-7-20(16)28-21/h4-10,13,19H,11-12H2,1-3H3,(H,24,25). The number of aryl methyl sites for hydroxylation is 1. The van der Waals surface area contributed by atoms with Crippen molar-refractivity contribution < 1.29 is 22.8 Å². The van der Waals surface area contributed by atoms with Gasteiger partial charge in [0.05, 0.1) is 6.16 Å². The van der Waals surface area contributed by atoms with E-state index in [0.717, 1.165) is 32.7 Å². The van der Waals surface area contributed by atoms with Gasteiger partial charge in [-0.25, -0.2) is 8.78 Å². The van der Waals surface area contributed by atoms with E-state index in [4.69, 9.17) is 4.52 Å². The van der Waals surface area contributed by atoms with E-state index in [0.29, 0.717) is 5.56 Å². The van der Waals surface area contributed by atoms with Crippen molar-refractivity contribution in [1.29, 1.82) is 0 Å². The molecule has 1 N–H and O–H groups in total. The average Bonchev–Trinajstić information content (AvgIpc) is 2.93. The average molecular weight is 424 g/mol. The lowest BCUT2D eigenvalue weighted by atomic mass is 10.0. The molecule has 0 fully saturated rings. The van der Waals surface area contributed by atoms with Crippen LogP contribution in [-0.2, 0) is 15.5 Å². The maximum absolute atomic E-state index is 13.7. The lowest BCUT2D eigenvalue weighted by Gasteiger charge is -2.22. The Hall–Kier alpha value is -1.59. The highest BCUT2D eigenvalue weighted by Crippen LogP contribution is 2.51. The van der Waals surface area contributed by atoms with Crippen LogP contribution in [0.2, 0.25) is 0 Å². The molecule has 0 aliphatic rings. The number of hydrogen-bond acceptors (Lipinski definition) is 3. The first-order valence-corrected chi connectivity index (χ1v) is 11.7. The summed E-state index contributed by atoms with van der Waals surface area (Å²) in [5.74, 6) is -1.88. The minimum Gasteiger partial charge on any atom is -0.324 e. The fraction of sp³-hybridized carbons (Fsp3) is 0.333. The molecule has 2 atom stereocenters. The van der Waals surface area contributed by atoms with Crippen LogP contribution in [0.15, 0.2) is 42.5 Å². The second-order valence-electron chi connectivity index (χ2n) is 7.35. The van der Waals surface area contributed by atoms with E-state index in [1.54, 1.807) is 0 Å². The SMILES string of the molecule is Cc1c(C(Cc2ccc(F)c(F)c2)OP(=O)(O)CC(C)C)sc2ccccc12. The van der Waals surface area contributed by atoms with Gasteiger partial charge in [-0.2, -0.15) is 0 Å². The summed E-state index contributed by atoms with van der Waals surface area (Å²) in [5.41, 5.74) is 1.48. The summed E-state index contributed by atoms with van der Waals surface area (Å²) in [7, 11) is -3.85. The summed E-state index contributed by atoms with van der Waals surface area (Å²) in [5, 5.41) is 1.05. The molecule has 0 aliphatic carbocycles. The van der Waals surface area contributed by atoms with Gasteiger partial charge in [-0.3, -0.25) is 9.09 Å². The van der Waals surface area contributed by atoms with Crippen LogP contribution in [0, 0.1) is 24.5 Å². The highest BCUT2D eigenvalue weighted by atomic mass is 32.1. The first-order valence-electron chi connectivity index (χ1n) is 9.08.